The van der Waals surface area contributed by atoms with E-state index in [4.69, 9.17) is 0 Å². The highest BCUT2D eigenvalue weighted by Gasteiger charge is 2.14. The number of hydrogen-bond acceptors (Lipinski definition) is 5. The van der Waals surface area contributed by atoms with Crippen molar-refractivity contribution in [2.75, 3.05) is 5.32 Å². The number of benzene rings is 1. The third-order valence-corrected chi connectivity index (χ3v) is 4.20. The summed E-state index contributed by atoms with van der Waals surface area (Å²) < 4.78 is 17.4. The molecule has 1 amide bonds. The van der Waals surface area contributed by atoms with E-state index < -0.39 is 5.91 Å². The van der Waals surface area contributed by atoms with Crippen molar-refractivity contribution in [1.82, 2.24) is 29.1 Å². The smallest absolute Gasteiger partial charge is 0.264 e. The highest BCUT2D eigenvalue weighted by atomic mass is 19.1. The number of nitrogens with zero attached hydrogens (tertiary/aromatic N) is 6. The SMILES string of the molecule is Cc1cc(NC(=O)Cn2cnc3c(cnn3C)c2=O)n(-c2ccc(F)cc2)n1. The molecule has 0 unspecified atom stereocenters. The lowest BCUT2D eigenvalue weighted by Crippen LogP contribution is -2.28. The Morgan fingerprint density at radius 2 is 2.00 bits per heavy atom. The van der Waals surface area contributed by atoms with Crippen LogP contribution in [0.3, 0.4) is 0 Å². The largest absolute Gasteiger partial charge is 0.309 e. The Labute approximate surface area is 158 Å². The van der Waals surface area contributed by atoms with Crippen molar-refractivity contribution in [3.05, 3.63) is 64.7 Å². The summed E-state index contributed by atoms with van der Waals surface area (Å²) in [5, 5.41) is 11.4. The molecule has 1 aromatic carbocycles. The van der Waals surface area contributed by atoms with E-state index in [-0.39, 0.29) is 17.9 Å². The second-order valence-electron chi connectivity index (χ2n) is 6.29. The third kappa shape index (κ3) is 3.15. The standard InChI is InChI=1S/C18H16FN7O2/c1-11-7-15(26(23-11)13-5-3-12(19)4-6-13)22-16(27)9-25-10-20-17-14(18(25)28)8-21-24(17)2/h3-8,10H,9H2,1-2H3,(H,22,27). The number of carbonyl (C=O) groups excluding carboxylic acids is 1. The van der Waals surface area contributed by atoms with Crippen LogP contribution in [0.15, 0.2) is 47.7 Å². The number of hydrogen-bond donors (Lipinski definition) is 1. The van der Waals surface area contributed by atoms with E-state index in [1.165, 1.54) is 38.6 Å². The number of aryl methyl sites for hydroxylation is 2. The van der Waals surface area contributed by atoms with Crippen LogP contribution in [-0.4, -0.2) is 35.0 Å². The molecule has 3 heterocycles. The Bertz CT molecular complexity index is 1240. The molecular formula is C18H16FN7O2. The summed E-state index contributed by atoms with van der Waals surface area (Å²) >= 11 is 0. The molecule has 0 bridgehead atoms. The summed E-state index contributed by atoms with van der Waals surface area (Å²) in [7, 11) is 1.69. The van der Waals surface area contributed by atoms with Gasteiger partial charge in [-0.1, -0.05) is 0 Å². The van der Waals surface area contributed by atoms with Gasteiger partial charge in [0.15, 0.2) is 5.65 Å². The van der Waals surface area contributed by atoms with Crippen LogP contribution in [0.4, 0.5) is 10.2 Å². The van der Waals surface area contributed by atoms with Gasteiger partial charge in [-0.25, -0.2) is 14.1 Å². The number of anilines is 1. The van der Waals surface area contributed by atoms with Gasteiger partial charge in [0.1, 0.15) is 29.9 Å². The van der Waals surface area contributed by atoms with E-state index in [0.29, 0.717) is 28.2 Å². The summed E-state index contributed by atoms with van der Waals surface area (Å²) in [6, 6.07) is 7.43. The number of nitrogens with one attached hydrogen (secondary N) is 1. The Hall–Kier alpha value is -3.82. The molecule has 0 atom stereocenters. The first kappa shape index (κ1) is 17.6. The van der Waals surface area contributed by atoms with Crippen LogP contribution < -0.4 is 10.9 Å². The fourth-order valence-corrected chi connectivity index (χ4v) is 2.88. The number of fused-ring (bicyclic) bond motifs is 1. The number of amides is 1. The van der Waals surface area contributed by atoms with Gasteiger partial charge in [-0.2, -0.15) is 10.2 Å². The molecule has 10 heteroatoms. The maximum atomic E-state index is 13.2. The Balaban J connectivity index is 1.59. The van der Waals surface area contributed by atoms with Gasteiger partial charge in [-0.3, -0.25) is 18.8 Å². The number of carbonyl (C=O) groups is 1. The van der Waals surface area contributed by atoms with E-state index in [0.717, 1.165) is 0 Å². The van der Waals surface area contributed by atoms with Gasteiger partial charge in [0.25, 0.3) is 5.56 Å². The van der Waals surface area contributed by atoms with Crippen molar-refractivity contribution in [1.29, 1.82) is 0 Å². The maximum absolute atomic E-state index is 13.2. The van der Waals surface area contributed by atoms with Crippen molar-refractivity contribution in [3.8, 4) is 5.69 Å². The Morgan fingerprint density at radius 3 is 2.75 bits per heavy atom. The van der Waals surface area contributed by atoms with Gasteiger partial charge in [-0.15, -0.1) is 0 Å². The highest BCUT2D eigenvalue weighted by Crippen LogP contribution is 2.17. The zero-order chi connectivity index (χ0) is 19.8. The first-order valence-corrected chi connectivity index (χ1v) is 8.42. The molecule has 0 radical (unpaired) electrons. The lowest BCUT2D eigenvalue weighted by Gasteiger charge is -2.10. The first-order valence-electron chi connectivity index (χ1n) is 8.42. The normalized spacial score (nSPS) is 11.1. The molecule has 9 nitrogen and oxygen atoms in total. The lowest BCUT2D eigenvalue weighted by molar-refractivity contribution is -0.116. The fourth-order valence-electron chi connectivity index (χ4n) is 2.88. The predicted molar refractivity (Wildman–Crippen MR) is 99.7 cm³/mol. The van der Waals surface area contributed by atoms with Gasteiger partial charge < -0.3 is 5.32 Å². The number of aromatic nitrogens is 6. The second-order valence-corrected chi connectivity index (χ2v) is 6.29. The minimum absolute atomic E-state index is 0.218. The molecule has 3 aromatic heterocycles. The van der Waals surface area contributed by atoms with Gasteiger partial charge in [0.05, 0.1) is 17.6 Å². The maximum Gasteiger partial charge on any atom is 0.264 e. The van der Waals surface area contributed by atoms with Crippen LogP contribution in [-0.2, 0) is 18.4 Å². The molecular weight excluding hydrogens is 365 g/mol. The third-order valence-electron chi connectivity index (χ3n) is 4.20. The number of rotatable bonds is 4. The average Bonchev–Trinajstić information content (AvgIpc) is 3.21. The molecule has 0 saturated carbocycles. The minimum Gasteiger partial charge on any atom is -0.309 e. The van der Waals surface area contributed by atoms with Crippen LogP contribution in [0.25, 0.3) is 16.7 Å². The molecule has 0 spiro atoms. The lowest BCUT2D eigenvalue weighted by atomic mass is 10.3. The Kier molecular flexibility index (Phi) is 4.22. The molecule has 0 aliphatic rings. The van der Waals surface area contributed by atoms with Gasteiger partial charge >= 0.3 is 0 Å². The molecule has 0 aliphatic heterocycles. The van der Waals surface area contributed by atoms with Crippen LogP contribution in [0, 0.1) is 12.7 Å². The topological polar surface area (TPSA) is 99.6 Å². The highest BCUT2D eigenvalue weighted by molar-refractivity contribution is 5.90. The van der Waals surface area contributed by atoms with Crippen molar-refractivity contribution < 1.29 is 9.18 Å². The van der Waals surface area contributed by atoms with Gasteiger partial charge in [0.2, 0.25) is 5.91 Å². The molecule has 4 aromatic rings. The van der Waals surface area contributed by atoms with Crippen molar-refractivity contribution in [2.24, 2.45) is 7.05 Å². The van der Waals surface area contributed by atoms with Crippen molar-refractivity contribution >= 4 is 22.8 Å². The zero-order valence-corrected chi connectivity index (χ0v) is 15.1. The summed E-state index contributed by atoms with van der Waals surface area (Å²) in [5.41, 5.74) is 1.37. The zero-order valence-electron chi connectivity index (χ0n) is 15.1. The van der Waals surface area contributed by atoms with Crippen LogP contribution >= 0.6 is 0 Å². The summed E-state index contributed by atoms with van der Waals surface area (Å²) in [5.74, 6) is -0.371. The molecule has 142 valence electrons. The summed E-state index contributed by atoms with van der Waals surface area (Å²) in [6.45, 7) is 1.56. The summed E-state index contributed by atoms with van der Waals surface area (Å²) in [4.78, 5) is 29.2. The first-order chi connectivity index (χ1) is 13.4. The van der Waals surface area contributed by atoms with Gasteiger partial charge in [0, 0.05) is 13.1 Å². The van der Waals surface area contributed by atoms with Crippen molar-refractivity contribution in [3.63, 3.8) is 0 Å². The molecule has 28 heavy (non-hydrogen) atoms. The minimum atomic E-state index is -0.421. The van der Waals surface area contributed by atoms with Crippen molar-refractivity contribution in [2.45, 2.75) is 13.5 Å². The fraction of sp³-hybridized carbons (Fsp3) is 0.167. The number of halogens is 1. The van der Waals surface area contributed by atoms with Gasteiger partial charge in [-0.05, 0) is 31.2 Å². The second kappa shape index (κ2) is 6.72. The predicted octanol–water partition coefficient (Wildman–Crippen LogP) is 1.40. The van der Waals surface area contributed by atoms with E-state index in [9.17, 15) is 14.0 Å². The molecule has 0 aliphatic carbocycles. The average molecular weight is 381 g/mol. The molecule has 0 saturated heterocycles. The van der Waals surface area contributed by atoms with Crippen LogP contribution in [0.5, 0.6) is 0 Å². The van der Waals surface area contributed by atoms with E-state index in [1.54, 1.807) is 32.2 Å². The van der Waals surface area contributed by atoms with Crippen LogP contribution in [0.2, 0.25) is 0 Å². The molecule has 0 fully saturated rings. The van der Waals surface area contributed by atoms with E-state index >= 15 is 0 Å². The van der Waals surface area contributed by atoms with E-state index in [2.05, 4.69) is 20.5 Å². The molecule has 4 rings (SSSR count). The van der Waals surface area contributed by atoms with E-state index in [1.807, 2.05) is 0 Å². The quantitative estimate of drug-likeness (QED) is 0.576. The van der Waals surface area contributed by atoms with Crippen LogP contribution in [0.1, 0.15) is 5.69 Å². The summed E-state index contributed by atoms with van der Waals surface area (Å²) in [6.07, 6.45) is 2.74. The Morgan fingerprint density at radius 1 is 1.25 bits per heavy atom. The monoisotopic (exact) mass is 381 g/mol. The molecule has 1 N–H and O–H groups in total.